The normalized spacial score (nSPS) is 10.0. The van der Waals surface area contributed by atoms with Gasteiger partial charge in [0.1, 0.15) is 5.76 Å². The molecule has 0 atom stereocenters. The number of carboxylic acid groups (broad SMARTS) is 1. The highest BCUT2D eigenvalue weighted by Crippen LogP contribution is 2.18. The largest absolute Gasteiger partial charge is 0.465 e. The van der Waals surface area contributed by atoms with Gasteiger partial charge in [0.2, 0.25) is 0 Å². The highest BCUT2D eigenvalue weighted by molar-refractivity contribution is 7.99. The summed E-state index contributed by atoms with van der Waals surface area (Å²) in [4.78, 5) is 14.2. The smallest absolute Gasteiger partial charge is 0.405 e. The number of thioether (sulfide) groups is 1. The number of hydrogen-bond donors (Lipinski definition) is 2. The molecule has 6 heteroatoms. The predicted molar refractivity (Wildman–Crippen MR) is 47.9 cm³/mol. The second-order valence-corrected chi connectivity index (χ2v) is 3.32. The molecule has 0 aliphatic heterocycles. The number of oxazole rings is 1. The van der Waals surface area contributed by atoms with Gasteiger partial charge in [0.05, 0.1) is 11.6 Å². The maximum Gasteiger partial charge on any atom is 0.405 e. The zero-order valence-corrected chi connectivity index (χ0v) is 8.14. The second-order valence-electron chi connectivity index (χ2n) is 2.39. The number of nitrogens with zero attached hydrogens (tertiary/aromatic N) is 1. The lowest BCUT2D eigenvalue weighted by Crippen LogP contribution is -2.19. The Balaban J connectivity index is 2.41. The van der Waals surface area contributed by atoms with E-state index in [0.29, 0.717) is 5.22 Å². The molecular weight excluding hydrogens is 192 g/mol. The Morgan fingerprint density at radius 3 is 2.85 bits per heavy atom. The molecule has 0 fully saturated rings. The minimum Gasteiger partial charge on any atom is -0.465 e. The molecule has 1 aromatic rings. The fraction of sp³-hybridized carbons (Fsp3) is 0.429. The zero-order chi connectivity index (χ0) is 9.84. The van der Waals surface area contributed by atoms with E-state index < -0.39 is 6.09 Å². The van der Waals surface area contributed by atoms with E-state index in [1.165, 1.54) is 11.8 Å². The molecule has 0 aliphatic rings. The molecular formula is C7H10N2O3S. The molecule has 5 nitrogen and oxygen atoms in total. The average Bonchev–Trinajstić information content (AvgIpc) is 2.30. The fourth-order valence-electron chi connectivity index (χ4n) is 0.665. The van der Waals surface area contributed by atoms with Crippen molar-refractivity contribution < 1.29 is 14.3 Å². The third-order valence-electron chi connectivity index (χ3n) is 1.43. The van der Waals surface area contributed by atoms with Gasteiger partial charge >= 0.3 is 6.09 Å². The van der Waals surface area contributed by atoms with Gasteiger partial charge in [-0.1, -0.05) is 0 Å². The van der Waals surface area contributed by atoms with Crippen LogP contribution in [0.25, 0.3) is 0 Å². The first-order chi connectivity index (χ1) is 6.09. The summed E-state index contributed by atoms with van der Waals surface area (Å²) in [7, 11) is 0. The fourth-order valence-corrected chi connectivity index (χ4v) is 1.37. The minimum atomic E-state index is -1.05. The van der Waals surface area contributed by atoms with Crippen LogP contribution in [0.1, 0.15) is 11.5 Å². The van der Waals surface area contributed by atoms with Crippen molar-refractivity contribution in [3.8, 4) is 0 Å². The van der Waals surface area contributed by atoms with Crippen LogP contribution in [-0.2, 0) is 0 Å². The van der Waals surface area contributed by atoms with Gasteiger partial charge in [0, 0.05) is 0 Å². The van der Waals surface area contributed by atoms with Crippen LogP contribution < -0.4 is 5.32 Å². The van der Waals surface area contributed by atoms with E-state index in [1.807, 2.05) is 13.8 Å². The van der Waals surface area contributed by atoms with Crippen molar-refractivity contribution >= 4 is 17.9 Å². The van der Waals surface area contributed by atoms with Crippen LogP contribution in [0.5, 0.6) is 0 Å². The first kappa shape index (κ1) is 9.91. The Morgan fingerprint density at radius 2 is 2.38 bits per heavy atom. The van der Waals surface area contributed by atoms with E-state index >= 15 is 0 Å². The predicted octanol–water partition coefficient (Wildman–Crippen LogP) is 1.61. The van der Waals surface area contributed by atoms with Crippen molar-refractivity contribution in [1.29, 1.82) is 0 Å². The van der Waals surface area contributed by atoms with Gasteiger partial charge in [-0.25, -0.2) is 9.78 Å². The quantitative estimate of drug-likeness (QED) is 0.575. The summed E-state index contributed by atoms with van der Waals surface area (Å²) in [5, 5.41) is 11.0. The van der Waals surface area contributed by atoms with E-state index in [9.17, 15) is 4.79 Å². The van der Waals surface area contributed by atoms with E-state index in [1.54, 1.807) is 0 Å². The van der Waals surface area contributed by atoms with E-state index in [2.05, 4.69) is 10.3 Å². The molecule has 0 saturated heterocycles. The number of amides is 1. The number of aryl methyl sites for hydroxylation is 2. The Morgan fingerprint density at radius 1 is 1.69 bits per heavy atom. The number of carbonyl (C=O) groups is 1. The van der Waals surface area contributed by atoms with Gasteiger partial charge in [-0.15, -0.1) is 0 Å². The first-order valence-electron chi connectivity index (χ1n) is 3.63. The molecule has 1 heterocycles. The first-order valence-corrected chi connectivity index (χ1v) is 4.62. The highest BCUT2D eigenvalue weighted by Gasteiger charge is 2.05. The molecule has 0 aromatic carbocycles. The maximum absolute atomic E-state index is 10.1. The maximum atomic E-state index is 10.1. The number of rotatable bonds is 3. The Hall–Kier alpha value is -1.17. The number of nitrogens with one attached hydrogen (secondary N) is 1. The monoisotopic (exact) mass is 202 g/mol. The van der Waals surface area contributed by atoms with Crippen molar-refractivity contribution in [2.75, 3.05) is 5.88 Å². The molecule has 72 valence electrons. The minimum absolute atomic E-state index is 0.245. The Bertz CT molecular complexity index is 291. The molecule has 0 bridgehead atoms. The van der Waals surface area contributed by atoms with E-state index in [0.717, 1.165) is 11.5 Å². The zero-order valence-electron chi connectivity index (χ0n) is 7.33. The topological polar surface area (TPSA) is 75.4 Å². The van der Waals surface area contributed by atoms with Crippen LogP contribution >= 0.6 is 11.8 Å². The van der Waals surface area contributed by atoms with Gasteiger partial charge in [0.25, 0.3) is 5.22 Å². The van der Waals surface area contributed by atoms with Crippen LogP contribution in [0.2, 0.25) is 0 Å². The number of aromatic nitrogens is 1. The average molecular weight is 202 g/mol. The van der Waals surface area contributed by atoms with Crippen molar-refractivity contribution in [2.45, 2.75) is 19.1 Å². The van der Waals surface area contributed by atoms with Crippen LogP contribution in [0.3, 0.4) is 0 Å². The van der Waals surface area contributed by atoms with Crippen LogP contribution in [0, 0.1) is 13.8 Å². The lowest BCUT2D eigenvalue weighted by molar-refractivity contribution is 0.196. The summed E-state index contributed by atoms with van der Waals surface area (Å²) < 4.78 is 5.22. The van der Waals surface area contributed by atoms with Gasteiger partial charge in [0.15, 0.2) is 0 Å². The van der Waals surface area contributed by atoms with Crippen LogP contribution in [0.4, 0.5) is 4.79 Å². The molecule has 13 heavy (non-hydrogen) atoms. The van der Waals surface area contributed by atoms with E-state index in [-0.39, 0.29) is 5.88 Å². The number of hydrogen-bond acceptors (Lipinski definition) is 4. The summed E-state index contributed by atoms with van der Waals surface area (Å²) in [5.41, 5.74) is 0.831. The molecule has 1 rings (SSSR count). The van der Waals surface area contributed by atoms with Gasteiger partial charge < -0.3 is 14.8 Å². The Labute approximate surface area is 79.5 Å². The molecule has 2 N–H and O–H groups in total. The van der Waals surface area contributed by atoms with Gasteiger partial charge in [-0.2, -0.15) is 0 Å². The van der Waals surface area contributed by atoms with Crippen molar-refractivity contribution in [3.63, 3.8) is 0 Å². The summed E-state index contributed by atoms with van der Waals surface area (Å²) in [5.74, 6) is 1.01. The van der Waals surface area contributed by atoms with Crippen molar-refractivity contribution in [1.82, 2.24) is 10.3 Å². The van der Waals surface area contributed by atoms with Gasteiger partial charge in [-0.05, 0) is 25.6 Å². The standard InChI is InChI=1S/C7H10N2O3S/c1-4-5(2)12-7(9-4)13-3-8-6(10)11/h8H,3H2,1-2H3,(H,10,11). The van der Waals surface area contributed by atoms with Crippen LogP contribution in [0.15, 0.2) is 9.64 Å². The van der Waals surface area contributed by atoms with Crippen molar-refractivity contribution in [2.24, 2.45) is 0 Å². The summed E-state index contributed by atoms with van der Waals surface area (Å²) in [6.45, 7) is 3.66. The van der Waals surface area contributed by atoms with Gasteiger partial charge in [-0.3, -0.25) is 0 Å². The Kier molecular flexibility index (Phi) is 3.18. The second kappa shape index (κ2) is 4.18. The lowest BCUT2D eigenvalue weighted by Gasteiger charge is -1.95. The summed E-state index contributed by atoms with van der Waals surface area (Å²) >= 11 is 1.21. The molecule has 0 unspecified atom stereocenters. The van der Waals surface area contributed by atoms with E-state index in [4.69, 9.17) is 9.52 Å². The molecule has 0 spiro atoms. The molecule has 1 amide bonds. The third-order valence-corrected chi connectivity index (χ3v) is 2.14. The summed E-state index contributed by atoms with van der Waals surface area (Å²) in [6, 6.07) is 0. The summed E-state index contributed by atoms with van der Waals surface area (Å²) in [6.07, 6.45) is -1.05. The lowest BCUT2D eigenvalue weighted by atomic mass is 10.4. The molecule has 1 aromatic heterocycles. The molecule has 0 saturated carbocycles. The third kappa shape index (κ3) is 2.98. The highest BCUT2D eigenvalue weighted by atomic mass is 32.2. The SMILES string of the molecule is Cc1nc(SCNC(=O)O)oc1C. The molecule has 0 radical (unpaired) electrons. The van der Waals surface area contributed by atoms with Crippen molar-refractivity contribution in [3.05, 3.63) is 11.5 Å². The van der Waals surface area contributed by atoms with Crippen LogP contribution in [-0.4, -0.2) is 22.1 Å². The molecule has 0 aliphatic carbocycles.